The highest BCUT2D eigenvalue weighted by Crippen LogP contribution is 2.55. The minimum absolute atomic E-state index is 0. The van der Waals surface area contributed by atoms with Gasteiger partial charge in [0.25, 0.3) is 0 Å². The highest BCUT2D eigenvalue weighted by Gasteiger charge is 2.42. The van der Waals surface area contributed by atoms with Crippen molar-refractivity contribution in [1.29, 1.82) is 0 Å². The minimum Gasteiger partial charge on any atom is -0.381 e. The van der Waals surface area contributed by atoms with E-state index in [0.29, 0.717) is 17.8 Å². The second-order valence-electron chi connectivity index (χ2n) is 7.52. The molecule has 0 fully saturated rings. The molecule has 2 aromatic carbocycles. The van der Waals surface area contributed by atoms with Crippen LogP contribution in [0.4, 0.5) is 0 Å². The molecule has 0 radical (unpaired) electrons. The van der Waals surface area contributed by atoms with Crippen molar-refractivity contribution >= 4 is 12.4 Å². The molecule has 0 spiro atoms. The quantitative estimate of drug-likeness (QED) is 0.696. The van der Waals surface area contributed by atoms with E-state index in [4.69, 9.17) is 4.74 Å². The Morgan fingerprint density at radius 3 is 2.04 bits per heavy atom. The van der Waals surface area contributed by atoms with E-state index in [9.17, 15) is 0 Å². The molecule has 0 saturated heterocycles. The van der Waals surface area contributed by atoms with Crippen LogP contribution in [0, 0.1) is 5.92 Å². The summed E-state index contributed by atoms with van der Waals surface area (Å²) < 4.78 is 6.08. The third-order valence-electron chi connectivity index (χ3n) is 5.65. The van der Waals surface area contributed by atoms with Gasteiger partial charge in [0.1, 0.15) is 0 Å². The normalized spacial score (nSPS) is 23.1. The number of fused-ring (bicyclic) bond motifs is 1. The van der Waals surface area contributed by atoms with Crippen LogP contribution >= 0.6 is 12.4 Å². The Labute approximate surface area is 157 Å². The molecule has 0 aliphatic heterocycles. The fourth-order valence-electron chi connectivity index (χ4n) is 4.64. The molecule has 5 rings (SSSR count). The predicted molar refractivity (Wildman–Crippen MR) is 106 cm³/mol. The van der Waals surface area contributed by atoms with Crippen LogP contribution in [0.2, 0.25) is 0 Å². The van der Waals surface area contributed by atoms with Gasteiger partial charge in [0.2, 0.25) is 0 Å². The van der Waals surface area contributed by atoms with Crippen LogP contribution in [0.15, 0.2) is 48.5 Å². The van der Waals surface area contributed by atoms with E-state index in [-0.39, 0.29) is 12.4 Å². The summed E-state index contributed by atoms with van der Waals surface area (Å²) in [6.45, 7) is 2.86. The van der Waals surface area contributed by atoms with Gasteiger partial charge in [0, 0.05) is 18.4 Å². The molecule has 0 saturated carbocycles. The molecule has 0 amide bonds. The van der Waals surface area contributed by atoms with Crippen molar-refractivity contribution in [2.45, 2.75) is 24.7 Å². The molecule has 2 aromatic rings. The molecule has 0 N–H and O–H groups in total. The average Bonchev–Trinajstić information content (AvgIpc) is 2.61. The smallest absolute Gasteiger partial charge is 0.0503 e. The summed E-state index contributed by atoms with van der Waals surface area (Å²) in [7, 11) is 4.24. The van der Waals surface area contributed by atoms with Gasteiger partial charge in [-0.2, -0.15) is 0 Å². The van der Waals surface area contributed by atoms with Crippen molar-refractivity contribution in [2.24, 2.45) is 5.92 Å². The highest BCUT2D eigenvalue weighted by atomic mass is 35.5. The van der Waals surface area contributed by atoms with Crippen molar-refractivity contribution in [3.8, 4) is 0 Å². The standard InChI is InChI=1S/C22H27NO.ClH/c1-23(2)12-7-13-24-15-16-14-21-17-8-3-5-10-19(17)22(16)20-11-6-4-9-18(20)21;/h3-6,8-11,16,21-22H,7,12-15H2,1-2H3;1H. The van der Waals surface area contributed by atoms with Crippen LogP contribution in [0.25, 0.3) is 0 Å². The van der Waals surface area contributed by atoms with Gasteiger partial charge in [0.05, 0.1) is 6.61 Å². The molecule has 3 aliphatic rings. The molecule has 0 heterocycles. The van der Waals surface area contributed by atoms with E-state index in [1.54, 1.807) is 11.1 Å². The summed E-state index contributed by atoms with van der Waals surface area (Å²) in [5, 5.41) is 0. The second-order valence-corrected chi connectivity index (χ2v) is 7.52. The van der Waals surface area contributed by atoms with Crippen molar-refractivity contribution < 1.29 is 4.74 Å². The first-order valence-corrected chi connectivity index (χ1v) is 9.16. The molecule has 1 atom stereocenters. The SMILES string of the molecule is CN(C)CCCOCC1CC2c3ccccc3C1c1ccccc12.Cl. The molecule has 1 unspecified atom stereocenters. The molecule has 2 bridgehead atoms. The fraction of sp³-hybridized carbons (Fsp3) is 0.455. The first-order valence-electron chi connectivity index (χ1n) is 9.16. The van der Waals surface area contributed by atoms with Crippen molar-refractivity contribution in [3.63, 3.8) is 0 Å². The van der Waals surface area contributed by atoms with Gasteiger partial charge < -0.3 is 9.64 Å². The zero-order chi connectivity index (χ0) is 16.5. The second kappa shape index (κ2) is 7.90. The van der Waals surface area contributed by atoms with E-state index >= 15 is 0 Å². The zero-order valence-corrected chi connectivity index (χ0v) is 16.0. The number of rotatable bonds is 6. The molecule has 3 aliphatic carbocycles. The number of nitrogens with zero attached hydrogens (tertiary/aromatic N) is 1. The summed E-state index contributed by atoms with van der Waals surface area (Å²) in [5.41, 5.74) is 6.17. The lowest BCUT2D eigenvalue weighted by molar-refractivity contribution is 0.0778. The van der Waals surface area contributed by atoms with Crippen LogP contribution in [0.3, 0.4) is 0 Å². The lowest BCUT2D eigenvalue weighted by Gasteiger charge is -2.45. The number of benzene rings is 2. The maximum atomic E-state index is 6.08. The largest absolute Gasteiger partial charge is 0.381 e. The third kappa shape index (κ3) is 3.48. The van der Waals surface area contributed by atoms with Gasteiger partial charge in [-0.3, -0.25) is 0 Å². The van der Waals surface area contributed by atoms with Gasteiger partial charge in [-0.25, -0.2) is 0 Å². The monoisotopic (exact) mass is 357 g/mol. The number of ether oxygens (including phenoxy) is 1. The van der Waals surface area contributed by atoms with Gasteiger partial charge >= 0.3 is 0 Å². The van der Waals surface area contributed by atoms with Crippen molar-refractivity contribution in [3.05, 3.63) is 70.8 Å². The number of hydrogen-bond acceptors (Lipinski definition) is 2. The summed E-state index contributed by atoms with van der Waals surface area (Å²) in [6, 6.07) is 18.1. The molecular formula is C22H28ClNO. The van der Waals surface area contributed by atoms with Crippen LogP contribution in [-0.2, 0) is 4.74 Å². The lowest BCUT2D eigenvalue weighted by atomic mass is 9.59. The summed E-state index contributed by atoms with van der Waals surface area (Å²) >= 11 is 0. The number of hydrogen-bond donors (Lipinski definition) is 0. The maximum Gasteiger partial charge on any atom is 0.0503 e. The van der Waals surface area contributed by atoms with Gasteiger partial charge in [-0.05, 0) is 61.7 Å². The Kier molecular flexibility index (Phi) is 5.83. The van der Waals surface area contributed by atoms with E-state index in [2.05, 4.69) is 67.5 Å². The van der Waals surface area contributed by atoms with Crippen LogP contribution in [0.1, 0.15) is 46.9 Å². The maximum absolute atomic E-state index is 6.08. The molecule has 0 aromatic heterocycles. The number of halogens is 1. The Hall–Kier alpha value is -1.35. The van der Waals surface area contributed by atoms with Gasteiger partial charge in [-0.1, -0.05) is 48.5 Å². The van der Waals surface area contributed by atoms with Crippen LogP contribution < -0.4 is 0 Å². The fourth-order valence-corrected chi connectivity index (χ4v) is 4.64. The highest BCUT2D eigenvalue weighted by molar-refractivity contribution is 5.85. The Bertz CT molecular complexity index is 667. The molecule has 134 valence electrons. The molecule has 3 heteroatoms. The summed E-state index contributed by atoms with van der Waals surface area (Å²) in [5.74, 6) is 1.67. The molecule has 2 nitrogen and oxygen atoms in total. The summed E-state index contributed by atoms with van der Waals surface area (Å²) in [4.78, 5) is 2.22. The molecule has 25 heavy (non-hydrogen) atoms. The van der Waals surface area contributed by atoms with Crippen LogP contribution in [-0.4, -0.2) is 38.8 Å². The first kappa shape index (κ1) is 18.4. The zero-order valence-electron chi connectivity index (χ0n) is 15.2. The Morgan fingerprint density at radius 1 is 0.920 bits per heavy atom. The minimum atomic E-state index is 0. The molecular weight excluding hydrogens is 330 g/mol. The van der Waals surface area contributed by atoms with Crippen molar-refractivity contribution in [2.75, 3.05) is 33.9 Å². The topological polar surface area (TPSA) is 12.5 Å². The van der Waals surface area contributed by atoms with Gasteiger partial charge in [0.15, 0.2) is 0 Å². The first-order chi connectivity index (χ1) is 11.8. The lowest BCUT2D eigenvalue weighted by Crippen LogP contribution is -2.34. The van der Waals surface area contributed by atoms with E-state index in [1.165, 1.54) is 17.5 Å². The average molecular weight is 358 g/mol. The predicted octanol–water partition coefficient (Wildman–Crippen LogP) is 4.67. The van der Waals surface area contributed by atoms with Crippen LogP contribution in [0.5, 0.6) is 0 Å². The Balaban J connectivity index is 0.00000182. The van der Waals surface area contributed by atoms with E-state index in [0.717, 1.165) is 26.2 Å². The van der Waals surface area contributed by atoms with Crippen molar-refractivity contribution in [1.82, 2.24) is 4.90 Å². The Morgan fingerprint density at radius 2 is 1.48 bits per heavy atom. The van der Waals surface area contributed by atoms with E-state index in [1.807, 2.05) is 0 Å². The van der Waals surface area contributed by atoms with E-state index < -0.39 is 0 Å². The summed E-state index contributed by atoms with van der Waals surface area (Å²) in [6.07, 6.45) is 2.34. The van der Waals surface area contributed by atoms with Gasteiger partial charge in [-0.15, -0.1) is 12.4 Å². The third-order valence-corrected chi connectivity index (χ3v) is 5.65.